The fraction of sp³-hybridized carbons (Fsp3) is 0.200. The fourth-order valence-corrected chi connectivity index (χ4v) is 3.17. The molecular formula is C25H26N2O. The van der Waals surface area contributed by atoms with Crippen LogP contribution in [0.3, 0.4) is 0 Å². The van der Waals surface area contributed by atoms with Gasteiger partial charge in [0.15, 0.2) is 0 Å². The molecule has 3 aromatic carbocycles. The number of hydrazone groups is 1. The second-order valence-corrected chi connectivity index (χ2v) is 6.81. The van der Waals surface area contributed by atoms with Gasteiger partial charge < -0.3 is 0 Å². The van der Waals surface area contributed by atoms with Crippen LogP contribution in [0.1, 0.15) is 48.5 Å². The van der Waals surface area contributed by atoms with Crippen molar-refractivity contribution in [2.24, 2.45) is 5.10 Å². The number of nitrogens with zero attached hydrogens (tertiary/aromatic N) is 1. The third kappa shape index (κ3) is 5.40. The SMILES string of the molecule is CCCCCC(/C=N/NC(=O)c1cccc2ccccc12)=C\c1ccccc1. The fourth-order valence-electron chi connectivity index (χ4n) is 3.17. The topological polar surface area (TPSA) is 41.5 Å². The van der Waals surface area contributed by atoms with Crippen LogP contribution in [0.15, 0.2) is 83.5 Å². The molecule has 0 aliphatic heterocycles. The average Bonchev–Trinajstić information content (AvgIpc) is 2.74. The number of rotatable bonds is 8. The van der Waals surface area contributed by atoms with Gasteiger partial charge in [-0.15, -0.1) is 0 Å². The Morgan fingerprint density at radius 1 is 0.929 bits per heavy atom. The molecule has 142 valence electrons. The average molecular weight is 370 g/mol. The lowest BCUT2D eigenvalue weighted by Crippen LogP contribution is -2.18. The van der Waals surface area contributed by atoms with Gasteiger partial charge in [-0.2, -0.15) is 5.10 Å². The first kappa shape index (κ1) is 19.6. The van der Waals surface area contributed by atoms with Gasteiger partial charge in [0.2, 0.25) is 0 Å². The maximum atomic E-state index is 12.6. The molecule has 3 aromatic rings. The lowest BCUT2D eigenvalue weighted by molar-refractivity contribution is 0.0957. The van der Waals surface area contributed by atoms with Crippen LogP contribution in [-0.2, 0) is 0 Å². The van der Waals surface area contributed by atoms with E-state index in [9.17, 15) is 4.79 Å². The lowest BCUT2D eigenvalue weighted by Gasteiger charge is -2.06. The number of fused-ring (bicyclic) bond motifs is 1. The number of benzene rings is 3. The Bertz CT molecular complexity index is 969. The van der Waals surface area contributed by atoms with Gasteiger partial charge in [-0.25, -0.2) is 5.43 Å². The number of unbranched alkanes of at least 4 members (excludes halogenated alkanes) is 2. The smallest absolute Gasteiger partial charge is 0.267 e. The molecule has 0 unspecified atom stereocenters. The summed E-state index contributed by atoms with van der Waals surface area (Å²) in [5.74, 6) is -0.194. The normalized spacial score (nSPS) is 11.8. The zero-order chi connectivity index (χ0) is 19.6. The predicted molar refractivity (Wildman–Crippen MR) is 118 cm³/mol. The van der Waals surface area contributed by atoms with Crippen LogP contribution in [-0.4, -0.2) is 12.1 Å². The molecule has 0 saturated heterocycles. The van der Waals surface area contributed by atoms with Crippen molar-refractivity contribution in [3.05, 3.63) is 89.5 Å². The van der Waals surface area contributed by atoms with E-state index in [0.717, 1.165) is 34.8 Å². The van der Waals surface area contributed by atoms with Crippen LogP contribution < -0.4 is 5.43 Å². The summed E-state index contributed by atoms with van der Waals surface area (Å²) in [6.45, 7) is 2.19. The second kappa shape index (κ2) is 10.2. The summed E-state index contributed by atoms with van der Waals surface area (Å²) in [6, 6.07) is 23.8. The highest BCUT2D eigenvalue weighted by Crippen LogP contribution is 2.18. The zero-order valence-electron chi connectivity index (χ0n) is 16.3. The van der Waals surface area contributed by atoms with Crippen molar-refractivity contribution in [2.45, 2.75) is 32.6 Å². The third-order valence-electron chi connectivity index (χ3n) is 4.65. The molecule has 0 spiro atoms. The highest BCUT2D eigenvalue weighted by molar-refractivity contribution is 6.07. The van der Waals surface area contributed by atoms with Crippen molar-refractivity contribution in [1.29, 1.82) is 0 Å². The van der Waals surface area contributed by atoms with Gasteiger partial charge in [-0.05, 0) is 40.8 Å². The van der Waals surface area contributed by atoms with E-state index < -0.39 is 0 Å². The van der Waals surface area contributed by atoms with Crippen LogP contribution in [0, 0.1) is 0 Å². The minimum Gasteiger partial charge on any atom is -0.267 e. The molecule has 28 heavy (non-hydrogen) atoms. The van der Waals surface area contributed by atoms with Crippen molar-refractivity contribution in [2.75, 3.05) is 0 Å². The minimum absolute atomic E-state index is 0.194. The molecule has 0 aliphatic rings. The van der Waals surface area contributed by atoms with Crippen molar-refractivity contribution >= 4 is 29.0 Å². The van der Waals surface area contributed by atoms with Crippen molar-refractivity contribution < 1.29 is 4.79 Å². The molecule has 0 fully saturated rings. The van der Waals surface area contributed by atoms with E-state index in [-0.39, 0.29) is 5.91 Å². The molecule has 0 bridgehead atoms. The number of hydrogen-bond acceptors (Lipinski definition) is 2. The Kier molecular flexibility index (Phi) is 7.14. The van der Waals surface area contributed by atoms with Crippen LogP contribution in [0.4, 0.5) is 0 Å². The van der Waals surface area contributed by atoms with E-state index in [1.54, 1.807) is 6.21 Å². The lowest BCUT2D eigenvalue weighted by atomic mass is 10.0. The molecule has 0 heterocycles. The molecule has 0 aromatic heterocycles. The molecule has 0 radical (unpaired) electrons. The van der Waals surface area contributed by atoms with Gasteiger partial charge in [0, 0.05) is 5.56 Å². The summed E-state index contributed by atoms with van der Waals surface area (Å²) < 4.78 is 0. The molecule has 1 N–H and O–H groups in total. The van der Waals surface area contributed by atoms with Gasteiger partial charge in [-0.3, -0.25) is 4.79 Å². The zero-order valence-corrected chi connectivity index (χ0v) is 16.3. The number of carbonyl (C=O) groups excluding carboxylic acids is 1. The van der Waals surface area contributed by atoms with Gasteiger partial charge in [0.05, 0.1) is 6.21 Å². The highest BCUT2D eigenvalue weighted by atomic mass is 16.2. The molecule has 3 rings (SSSR count). The van der Waals surface area contributed by atoms with Crippen molar-refractivity contribution in [3.8, 4) is 0 Å². The summed E-state index contributed by atoms with van der Waals surface area (Å²) in [5, 5.41) is 6.21. The minimum atomic E-state index is -0.194. The molecule has 0 aliphatic carbocycles. The van der Waals surface area contributed by atoms with Crippen molar-refractivity contribution in [3.63, 3.8) is 0 Å². The van der Waals surface area contributed by atoms with Crippen molar-refractivity contribution in [1.82, 2.24) is 5.43 Å². The second-order valence-electron chi connectivity index (χ2n) is 6.81. The summed E-state index contributed by atoms with van der Waals surface area (Å²) >= 11 is 0. The number of hydrogen-bond donors (Lipinski definition) is 1. The number of carbonyl (C=O) groups is 1. The number of nitrogens with one attached hydrogen (secondary N) is 1. The van der Waals surface area contributed by atoms with Gasteiger partial charge in [0.1, 0.15) is 0 Å². The summed E-state index contributed by atoms with van der Waals surface area (Å²) in [7, 11) is 0. The first-order valence-corrected chi connectivity index (χ1v) is 9.84. The molecule has 1 amide bonds. The molecule has 0 atom stereocenters. The van der Waals surface area contributed by atoms with E-state index >= 15 is 0 Å². The number of amides is 1. The summed E-state index contributed by atoms with van der Waals surface area (Å²) in [4.78, 5) is 12.6. The Morgan fingerprint density at radius 2 is 1.68 bits per heavy atom. The van der Waals surface area contributed by atoms with Crippen LogP contribution in [0.25, 0.3) is 16.8 Å². The van der Waals surface area contributed by atoms with E-state index in [0.29, 0.717) is 5.56 Å². The maximum Gasteiger partial charge on any atom is 0.271 e. The number of allylic oxidation sites excluding steroid dienone is 1. The first-order chi connectivity index (χ1) is 13.8. The van der Waals surface area contributed by atoms with Gasteiger partial charge >= 0.3 is 0 Å². The maximum absolute atomic E-state index is 12.6. The third-order valence-corrected chi connectivity index (χ3v) is 4.65. The highest BCUT2D eigenvalue weighted by Gasteiger charge is 2.08. The molecule has 3 heteroatoms. The Hall–Kier alpha value is -3.20. The summed E-state index contributed by atoms with van der Waals surface area (Å²) in [5.41, 5.74) is 5.57. The Balaban J connectivity index is 1.73. The molecular weight excluding hydrogens is 344 g/mol. The Labute approximate surface area is 166 Å². The molecule has 3 nitrogen and oxygen atoms in total. The first-order valence-electron chi connectivity index (χ1n) is 9.84. The quantitative estimate of drug-likeness (QED) is 0.285. The van der Waals surface area contributed by atoms with E-state index in [1.165, 1.54) is 12.8 Å². The van der Waals surface area contributed by atoms with E-state index in [4.69, 9.17) is 0 Å². The standard InChI is InChI=1S/C25H26N2O/c1-2-3-5-13-21(18-20-11-6-4-7-12-20)19-26-27-25(28)24-17-10-15-22-14-8-9-16-23(22)24/h4,6-12,14-19H,2-3,5,13H2,1H3,(H,27,28)/b21-18+,26-19+. The van der Waals surface area contributed by atoms with Gasteiger partial charge in [0.25, 0.3) is 5.91 Å². The van der Waals surface area contributed by atoms with Crippen LogP contribution in [0.5, 0.6) is 0 Å². The van der Waals surface area contributed by atoms with E-state index in [1.807, 2.05) is 60.7 Å². The largest absolute Gasteiger partial charge is 0.271 e. The molecule has 0 saturated carbocycles. The van der Waals surface area contributed by atoms with Crippen LogP contribution >= 0.6 is 0 Å². The van der Waals surface area contributed by atoms with Gasteiger partial charge in [-0.1, -0.05) is 92.6 Å². The Morgan fingerprint density at radius 3 is 2.50 bits per heavy atom. The predicted octanol–water partition coefficient (Wildman–Crippen LogP) is 6.22. The van der Waals surface area contributed by atoms with E-state index in [2.05, 4.69) is 35.7 Å². The van der Waals surface area contributed by atoms with Crippen LogP contribution in [0.2, 0.25) is 0 Å². The summed E-state index contributed by atoms with van der Waals surface area (Å²) in [6.07, 6.45) is 8.31. The monoisotopic (exact) mass is 370 g/mol.